The number of nitrogens with zero attached hydrogens (tertiary/aromatic N) is 1. The molecule has 1 heterocycles. The van der Waals surface area contributed by atoms with E-state index in [-0.39, 0.29) is 5.91 Å². The summed E-state index contributed by atoms with van der Waals surface area (Å²) < 4.78 is 0. The molecule has 3 rings (SSSR count). The predicted octanol–water partition coefficient (Wildman–Crippen LogP) is 4.29. The molecule has 1 amide bonds. The summed E-state index contributed by atoms with van der Waals surface area (Å²) in [5.74, 6) is 1.26. The molecule has 0 unspecified atom stereocenters. The van der Waals surface area contributed by atoms with E-state index in [4.69, 9.17) is 0 Å². The van der Waals surface area contributed by atoms with Gasteiger partial charge in [0.05, 0.1) is 0 Å². The minimum absolute atomic E-state index is 0.0792. The van der Waals surface area contributed by atoms with Crippen molar-refractivity contribution in [3.8, 4) is 11.1 Å². The summed E-state index contributed by atoms with van der Waals surface area (Å²) in [4.78, 5) is 12.3. The minimum atomic E-state index is 0.0792. The standard InChI is InChI=1S/C18H23N3O/c1-13-17(15-10-6-3-7-11-15)18(21-20-13)19-16(22)12-14-8-4-2-5-9-14/h3,6-7,10-11,14H,2,4-5,8-9,12H2,1H3,(H2,19,20,21,22). The summed E-state index contributed by atoms with van der Waals surface area (Å²) in [6.45, 7) is 1.98. The molecule has 0 spiro atoms. The number of hydrogen-bond donors (Lipinski definition) is 2. The summed E-state index contributed by atoms with van der Waals surface area (Å²) >= 11 is 0. The van der Waals surface area contributed by atoms with Crippen LogP contribution >= 0.6 is 0 Å². The first kappa shape index (κ1) is 14.8. The van der Waals surface area contributed by atoms with Crippen LogP contribution in [0.25, 0.3) is 11.1 Å². The third kappa shape index (κ3) is 3.38. The highest BCUT2D eigenvalue weighted by Gasteiger charge is 2.19. The number of carbonyl (C=O) groups is 1. The molecule has 0 saturated heterocycles. The van der Waals surface area contributed by atoms with Crippen LogP contribution in [0.1, 0.15) is 44.2 Å². The van der Waals surface area contributed by atoms with Crippen LogP contribution in [0.4, 0.5) is 5.82 Å². The number of H-pyrrole nitrogens is 1. The molecule has 0 atom stereocenters. The van der Waals surface area contributed by atoms with Crippen LogP contribution in [0.3, 0.4) is 0 Å². The van der Waals surface area contributed by atoms with Gasteiger partial charge in [-0.15, -0.1) is 0 Å². The van der Waals surface area contributed by atoms with Gasteiger partial charge < -0.3 is 5.32 Å². The summed E-state index contributed by atoms with van der Waals surface area (Å²) in [5, 5.41) is 10.2. The van der Waals surface area contributed by atoms with Crippen molar-refractivity contribution in [1.29, 1.82) is 0 Å². The maximum atomic E-state index is 12.3. The Labute approximate surface area is 131 Å². The molecule has 2 aromatic rings. The van der Waals surface area contributed by atoms with Crippen LogP contribution in [0.15, 0.2) is 30.3 Å². The number of rotatable bonds is 4. The molecule has 4 nitrogen and oxygen atoms in total. The van der Waals surface area contributed by atoms with Gasteiger partial charge in [-0.1, -0.05) is 49.6 Å². The van der Waals surface area contributed by atoms with Crippen molar-refractivity contribution in [2.75, 3.05) is 5.32 Å². The third-order valence-corrected chi connectivity index (χ3v) is 4.47. The normalized spacial score (nSPS) is 15.7. The monoisotopic (exact) mass is 297 g/mol. The van der Waals surface area contributed by atoms with Crippen LogP contribution in [0.2, 0.25) is 0 Å². The number of carbonyl (C=O) groups excluding carboxylic acids is 1. The molecule has 1 aromatic carbocycles. The van der Waals surface area contributed by atoms with Crippen molar-refractivity contribution >= 4 is 11.7 Å². The Morgan fingerprint density at radius 3 is 2.68 bits per heavy atom. The predicted molar refractivity (Wildman–Crippen MR) is 88.6 cm³/mol. The number of anilines is 1. The smallest absolute Gasteiger partial charge is 0.225 e. The van der Waals surface area contributed by atoms with Crippen molar-refractivity contribution < 1.29 is 4.79 Å². The lowest BCUT2D eigenvalue weighted by Gasteiger charge is -2.20. The highest BCUT2D eigenvalue weighted by atomic mass is 16.1. The van der Waals surface area contributed by atoms with E-state index in [1.807, 2.05) is 37.3 Å². The van der Waals surface area contributed by atoms with E-state index in [1.54, 1.807) is 0 Å². The van der Waals surface area contributed by atoms with Gasteiger partial charge in [0.15, 0.2) is 5.82 Å². The Bertz CT molecular complexity index is 627. The summed E-state index contributed by atoms with van der Waals surface area (Å²) in [7, 11) is 0. The molecule has 1 fully saturated rings. The molecule has 0 aliphatic heterocycles. The number of benzene rings is 1. The molecule has 2 N–H and O–H groups in total. The average molecular weight is 297 g/mol. The van der Waals surface area contributed by atoms with Crippen LogP contribution in [0, 0.1) is 12.8 Å². The quantitative estimate of drug-likeness (QED) is 0.884. The molecule has 4 heteroatoms. The largest absolute Gasteiger partial charge is 0.309 e. The molecule has 1 saturated carbocycles. The molecule has 0 bridgehead atoms. The van der Waals surface area contributed by atoms with Crippen LogP contribution < -0.4 is 5.32 Å². The number of aromatic amines is 1. The van der Waals surface area contributed by atoms with Gasteiger partial charge in [-0.2, -0.15) is 5.10 Å². The van der Waals surface area contributed by atoms with E-state index in [1.165, 1.54) is 32.1 Å². The van der Waals surface area contributed by atoms with Crippen LogP contribution in [-0.4, -0.2) is 16.1 Å². The van der Waals surface area contributed by atoms with E-state index < -0.39 is 0 Å². The highest BCUT2D eigenvalue weighted by molar-refractivity contribution is 5.94. The van der Waals surface area contributed by atoms with E-state index in [0.29, 0.717) is 18.2 Å². The van der Waals surface area contributed by atoms with Gasteiger partial charge in [0, 0.05) is 17.7 Å². The number of aromatic nitrogens is 2. The molecular formula is C18H23N3O. The summed E-state index contributed by atoms with van der Waals surface area (Å²) in [6.07, 6.45) is 6.80. The minimum Gasteiger partial charge on any atom is -0.309 e. The van der Waals surface area contributed by atoms with Crippen molar-refractivity contribution in [3.05, 3.63) is 36.0 Å². The van der Waals surface area contributed by atoms with Crippen LogP contribution in [0.5, 0.6) is 0 Å². The van der Waals surface area contributed by atoms with Crippen molar-refractivity contribution in [3.63, 3.8) is 0 Å². The van der Waals surface area contributed by atoms with Gasteiger partial charge in [0.2, 0.25) is 5.91 Å². The van der Waals surface area contributed by atoms with Gasteiger partial charge in [0.25, 0.3) is 0 Å². The zero-order valence-corrected chi connectivity index (χ0v) is 13.1. The third-order valence-electron chi connectivity index (χ3n) is 4.47. The van der Waals surface area contributed by atoms with E-state index in [0.717, 1.165) is 16.8 Å². The molecule has 1 aliphatic carbocycles. The maximum absolute atomic E-state index is 12.3. The van der Waals surface area contributed by atoms with E-state index in [2.05, 4.69) is 15.5 Å². The first-order valence-electron chi connectivity index (χ1n) is 8.14. The van der Waals surface area contributed by atoms with Crippen molar-refractivity contribution in [2.24, 2.45) is 5.92 Å². The number of amides is 1. The SMILES string of the molecule is Cc1[nH]nc(NC(=O)CC2CCCCC2)c1-c1ccccc1. The molecule has 0 radical (unpaired) electrons. The number of nitrogens with one attached hydrogen (secondary N) is 2. The second-order valence-corrected chi connectivity index (χ2v) is 6.19. The van der Waals surface area contributed by atoms with E-state index in [9.17, 15) is 4.79 Å². The second-order valence-electron chi connectivity index (χ2n) is 6.19. The topological polar surface area (TPSA) is 57.8 Å². The Balaban J connectivity index is 1.71. The summed E-state index contributed by atoms with van der Waals surface area (Å²) in [6, 6.07) is 10.0. The van der Waals surface area contributed by atoms with Gasteiger partial charge in [-0.3, -0.25) is 9.89 Å². The van der Waals surface area contributed by atoms with Gasteiger partial charge in [-0.05, 0) is 31.2 Å². The molecule has 22 heavy (non-hydrogen) atoms. The fraction of sp³-hybridized carbons (Fsp3) is 0.444. The first-order chi connectivity index (χ1) is 10.7. The van der Waals surface area contributed by atoms with E-state index >= 15 is 0 Å². The zero-order valence-electron chi connectivity index (χ0n) is 13.1. The lowest BCUT2D eigenvalue weighted by Crippen LogP contribution is -2.18. The lowest BCUT2D eigenvalue weighted by atomic mass is 9.87. The molecule has 1 aliphatic rings. The molecular weight excluding hydrogens is 274 g/mol. The van der Waals surface area contributed by atoms with Crippen molar-refractivity contribution in [2.45, 2.75) is 45.4 Å². The Kier molecular flexibility index (Phi) is 4.56. The molecule has 116 valence electrons. The Hall–Kier alpha value is -2.10. The van der Waals surface area contributed by atoms with Gasteiger partial charge in [0.1, 0.15) is 0 Å². The van der Waals surface area contributed by atoms with Gasteiger partial charge >= 0.3 is 0 Å². The first-order valence-corrected chi connectivity index (χ1v) is 8.14. The Morgan fingerprint density at radius 1 is 1.23 bits per heavy atom. The maximum Gasteiger partial charge on any atom is 0.225 e. The average Bonchev–Trinajstić information content (AvgIpc) is 2.89. The number of aryl methyl sites for hydroxylation is 1. The Morgan fingerprint density at radius 2 is 1.95 bits per heavy atom. The highest BCUT2D eigenvalue weighted by Crippen LogP contribution is 2.30. The van der Waals surface area contributed by atoms with Gasteiger partial charge in [-0.25, -0.2) is 0 Å². The second kappa shape index (κ2) is 6.77. The van der Waals surface area contributed by atoms with Crippen LogP contribution in [-0.2, 0) is 4.79 Å². The fourth-order valence-electron chi connectivity index (χ4n) is 3.31. The molecule has 1 aromatic heterocycles. The lowest BCUT2D eigenvalue weighted by molar-refractivity contribution is -0.117. The fourth-order valence-corrected chi connectivity index (χ4v) is 3.31. The zero-order chi connectivity index (χ0) is 15.4. The number of hydrogen-bond acceptors (Lipinski definition) is 2. The van der Waals surface area contributed by atoms with Crippen molar-refractivity contribution in [1.82, 2.24) is 10.2 Å². The summed E-state index contributed by atoms with van der Waals surface area (Å²) in [5.41, 5.74) is 3.03.